The van der Waals surface area contributed by atoms with Gasteiger partial charge < -0.3 is 15.4 Å². The summed E-state index contributed by atoms with van der Waals surface area (Å²) in [6, 6.07) is 12.3. The number of rotatable bonds is 7. The summed E-state index contributed by atoms with van der Waals surface area (Å²) in [5, 5.41) is 6.61. The molecule has 0 aliphatic rings. The summed E-state index contributed by atoms with van der Waals surface area (Å²) >= 11 is 11.8. The number of hydrogen-bond acceptors (Lipinski definition) is 3. The Morgan fingerprint density at radius 1 is 1.17 bits per heavy atom. The van der Waals surface area contributed by atoms with Gasteiger partial charge >= 0.3 is 0 Å². The highest BCUT2D eigenvalue weighted by molar-refractivity contribution is 6.42. The Labute approximate surface area is 145 Å². The van der Waals surface area contributed by atoms with Crippen LogP contribution in [0.4, 0.5) is 11.4 Å². The van der Waals surface area contributed by atoms with Crippen LogP contribution in [0.2, 0.25) is 10.0 Å². The summed E-state index contributed by atoms with van der Waals surface area (Å²) in [6.07, 6.45) is 1.66. The van der Waals surface area contributed by atoms with Gasteiger partial charge in [0.2, 0.25) is 5.91 Å². The Hall–Kier alpha value is -2.17. The Balaban J connectivity index is 1.94. The Morgan fingerprint density at radius 2 is 1.96 bits per heavy atom. The van der Waals surface area contributed by atoms with Crippen molar-refractivity contribution >= 4 is 40.5 Å². The second-order valence-corrected chi connectivity index (χ2v) is 5.44. The van der Waals surface area contributed by atoms with E-state index in [1.54, 1.807) is 24.3 Å². The number of amides is 1. The van der Waals surface area contributed by atoms with E-state index in [0.717, 1.165) is 5.69 Å². The van der Waals surface area contributed by atoms with E-state index in [0.29, 0.717) is 28.1 Å². The summed E-state index contributed by atoms with van der Waals surface area (Å²) in [6.45, 7) is 4.10. The summed E-state index contributed by atoms with van der Waals surface area (Å²) in [5.74, 6) is 0.455. The maximum atomic E-state index is 12.0. The fourth-order valence-electron chi connectivity index (χ4n) is 1.84. The molecule has 2 aromatic carbocycles. The van der Waals surface area contributed by atoms with Crippen LogP contribution in [0.3, 0.4) is 0 Å². The van der Waals surface area contributed by atoms with Crippen molar-refractivity contribution in [1.29, 1.82) is 0 Å². The van der Waals surface area contributed by atoms with Crippen LogP contribution in [0, 0.1) is 0 Å². The van der Waals surface area contributed by atoms with Crippen molar-refractivity contribution in [3.05, 3.63) is 65.2 Å². The van der Waals surface area contributed by atoms with Gasteiger partial charge in [-0.05, 0) is 30.3 Å². The molecule has 0 unspecified atom stereocenters. The lowest BCUT2D eigenvalue weighted by Gasteiger charge is -2.12. The molecule has 120 valence electrons. The number of halogens is 2. The van der Waals surface area contributed by atoms with Gasteiger partial charge in [0, 0.05) is 5.69 Å². The molecule has 0 atom stereocenters. The average Bonchev–Trinajstić information content (AvgIpc) is 2.55. The van der Waals surface area contributed by atoms with Gasteiger partial charge in [0.25, 0.3) is 0 Å². The van der Waals surface area contributed by atoms with E-state index < -0.39 is 0 Å². The van der Waals surface area contributed by atoms with E-state index in [9.17, 15) is 4.79 Å². The monoisotopic (exact) mass is 350 g/mol. The first-order valence-electron chi connectivity index (χ1n) is 6.91. The highest BCUT2D eigenvalue weighted by atomic mass is 35.5. The van der Waals surface area contributed by atoms with Crippen LogP contribution < -0.4 is 15.4 Å². The summed E-state index contributed by atoms with van der Waals surface area (Å²) in [7, 11) is 0. The minimum Gasteiger partial charge on any atom is -0.487 e. The predicted molar refractivity (Wildman–Crippen MR) is 95.7 cm³/mol. The molecule has 0 aliphatic heterocycles. The molecule has 23 heavy (non-hydrogen) atoms. The topological polar surface area (TPSA) is 50.4 Å². The molecule has 0 fully saturated rings. The Morgan fingerprint density at radius 3 is 2.70 bits per heavy atom. The molecular weight excluding hydrogens is 335 g/mol. The number of nitrogens with one attached hydrogen (secondary N) is 2. The van der Waals surface area contributed by atoms with Crippen molar-refractivity contribution in [3.8, 4) is 5.75 Å². The highest BCUT2D eigenvalue weighted by Gasteiger charge is 2.07. The number of hydrogen-bond donors (Lipinski definition) is 2. The van der Waals surface area contributed by atoms with Crippen LogP contribution in [-0.4, -0.2) is 19.1 Å². The van der Waals surface area contributed by atoms with E-state index in [4.69, 9.17) is 27.9 Å². The zero-order valence-corrected chi connectivity index (χ0v) is 13.8. The molecule has 4 nitrogen and oxygen atoms in total. The molecule has 0 saturated carbocycles. The van der Waals surface area contributed by atoms with Gasteiger partial charge in [-0.25, -0.2) is 0 Å². The highest BCUT2D eigenvalue weighted by Crippen LogP contribution is 2.25. The zero-order valence-electron chi connectivity index (χ0n) is 12.3. The van der Waals surface area contributed by atoms with Crippen molar-refractivity contribution in [2.75, 3.05) is 23.8 Å². The second-order valence-electron chi connectivity index (χ2n) is 4.63. The minimum atomic E-state index is -0.207. The molecular formula is C17H16Cl2N2O2. The first-order chi connectivity index (χ1) is 11.1. The first-order valence-corrected chi connectivity index (χ1v) is 7.67. The molecule has 0 radical (unpaired) electrons. The third-order valence-electron chi connectivity index (χ3n) is 2.89. The number of carbonyl (C=O) groups is 1. The number of benzene rings is 2. The third-order valence-corrected chi connectivity index (χ3v) is 3.63. The van der Waals surface area contributed by atoms with Crippen LogP contribution >= 0.6 is 23.2 Å². The van der Waals surface area contributed by atoms with E-state index in [1.807, 2.05) is 24.3 Å². The molecule has 0 saturated heterocycles. The second kappa shape index (κ2) is 8.46. The smallest absolute Gasteiger partial charge is 0.243 e. The van der Waals surface area contributed by atoms with Crippen molar-refractivity contribution in [2.45, 2.75) is 0 Å². The summed E-state index contributed by atoms with van der Waals surface area (Å²) in [4.78, 5) is 12.0. The van der Waals surface area contributed by atoms with Crippen molar-refractivity contribution in [2.24, 2.45) is 0 Å². The maximum absolute atomic E-state index is 12.0. The van der Waals surface area contributed by atoms with E-state index in [-0.39, 0.29) is 12.5 Å². The van der Waals surface area contributed by atoms with Crippen LogP contribution in [-0.2, 0) is 4.79 Å². The molecule has 6 heteroatoms. The number of carbonyl (C=O) groups excluding carboxylic acids is 1. The van der Waals surface area contributed by atoms with Crippen LogP contribution in [0.1, 0.15) is 0 Å². The first kappa shape index (κ1) is 17.2. The molecule has 0 aliphatic carbocycles. The fourth-order valence-corrected chi connectivity index (χ4v) is 2.14. The molecule has 0 spiro atoms. The molecule has 1 amide bonds. The van der Waals surface area contributed by atoms with Crippen LogP contribution in [0.5, 0.6) is 5.75 Å². The van der Waals surface area contributed by atoms with Crippen molar-refractivity contribution in [3.63, 3.8) is 0 Å². The van der Waals surface area contributed by atoms with Crippen LogP contribution in [0.25, 0.3) is 0 Å². The third kappa shape index (κ3) is 5.20. The lowest BCUT2D eigenvalue weighted by atomic mass is 10.3. The normalized spacial score (nSPS) is 10.0. The molecule has 2 aromatic rings. The molecule has 0 bridgehead atoms. The lowest BCUT2D eigenvalue weighted by Crippen LogP contribution is -2.22. The van der Waals surface area contributed by atoms with Gasteiger partial charge in [-0.2, -0.15) is 0 Å². The van der Waals surface area contributed by atoms with Crippen molar-refractivity contribution in [1.82, 2.24) is 0 Å². The van der Waals surface area contributed by atoms with Gasteiger partial charge in [0.1, 0.15) is 12.4 Å². The lowest BCUT2D eigenvalue weighted by molar-refractivity contribution is -0.114. The van der Waals surface area contributed by atoms with Gasteiger partial charge in [-0.15, -0.1) is 0 Å². The van der Waals surface area contributed by atoms with E-state index in [2.05, 4.69) is 17.2 Å². The van der Waals surface area contributed by atoms with E-state index >= 15 is 0 Å². The van der Waals surface area contributed by atoms with Crippen LogP contribution in [0.15, 0.2) is 55.1 Å². The molecule has 0 heterocycles. The Kier molecular flexibility index (Phi) is 6.32. The molecule has 2 N–H and O–H groups in total. The summed E-state index contributed by atoms with van der Waals surface area (Å²) < 4.78 is 5.52. The standard InChI is InChI=1S/C17H16Cl2N2O2/c1-2-9-23-16-6-4-3-5-15(16)20-11-17(22)21-12-7-8-13(18)14(19)10-12/h2-8,10,20H,1,9,11H2,(H,21,22). The predicted octanol–water partition coefficient (Wildman–Crippen LogP) is 4.61. The number of para-hydroxylation sites is 2. The molecule has 0 aromatic heterocycles. The average molecular weight is 351 g/mol. The fraction of sp³-hybridized carbons (Fsp3) is 0.118. The molecule has 2 rings (SSSR count). The quantitative estimate of drug-likeness (QED) is 0.717. The Bertz CT molecular complexity index is 705. The van der Waals surface area contributed by atoms with Crippen molar-refractivity contribution < 1.29 is 9.53 Å². The summed E-state index contributed by atoms with van der Waals surface area (Å²) in [5.41, 5.74) is 1.32. The van der Waals surface area contributed by atoms with Gasteiger partial charge in [-0.1, -0.05) is 48.0 Å². The number of ether oxygens (including phenoxy) is 1. The largest absolute Gasteiger partial charge is 0.487 e. The van der Waals surface area contributed by atoms with Gasteiger partial charge in [-0.3, -0.25) is 4.79 Å². The SMILES string of the molecule is C=CCOc1ccccc1NCC(=O)Nc1ccc(Cl)c(Cl)c1. The van der Waals surface area contributed by atoms with Gasteiger partial charge in [0.15, 0.2) is 0 Å². The minimum absolute atomic E-state index is 0.0920. The van der Waals surface area contributed by atoms with E-state index in [1.165, 1.54) is 0 Å². The van der Waals surface area contributed by atoms with Gasteiger partial charge in [0.05, 0.1) is 22.3 Å². The zero-order chi connectivity index (χ0) is 16.7. The maximum Gasteiger partial charge on any atom is 0.243 e. The number of anilines is 2.